The Morgan fingerprint density at radius 2 is 1.65 bits per heavy atom. The molecular formula is C34H39N3O5S. The number of fused-ring (bicyclic) bond motifs is 2. The lowest BCUT2D eigenvalue weighted by molar-refractivity contribution is -0.141. The normalized spacial score (nSPS) is 28.9. The van der Waals surface area contributed by atoms with Gasteiger partial charge in [-0.25, -0.2) is 0 Å². The first-order chi connectivity index (χ1) is 20.8. The third-order valence-electron chi connectivity index (χ3n) is 9.34. The summed E-state index contributed by atoms with van der Waals surface area (Å²) >= 11 is 1.56. The van der Waals surface area contributed by atoms with Crippen LogP contribution in [0.4, 0.5) is 11.4 Å². The average Bonchev–Trinajstić information content (AvgIpc) is 3.31. The zero-order valence-electron chi connectivity index (χ0n) is 25.1. The van der Waals surface area contributed by atoms with E-state index >= 15 is 0 Å². The SMILES string of the molecule is CCOc1ccc(N2CC=C[C@H]3S[C@]45C=CCN(c6c(C)cccc6C)C(=O)C4N([C@@H](CC)CO)C(=O)[C@@H]5[C@H]3C2=O)cc1. The van der Waals surface area contributed by atoms with Gasteiger partial charge in [0, 0.05) is 29.7 Å². The largest absolute Gasteiger partial charge is 0.494 e. The Morgan fingerprint density at radius 1 is 0.953 bits per heavy atom. The van der Waals surface area contributed by atoms with Crippen molar-refractivity contribution in [2.75, 3.05) is 36.1 Å². The number of ether oxygens (including phenoxy) is 1. The summed E-state index contributed by atoms with van der Waals surface area (Å²) in [6.45, 7) is 8.87. The highest BCUT2D eigenvalue weighted by atomic mass is 32.2. The molecule has 4 aliphatic heterocycles. The molecule has 2 aromatic rings. The zero-order valence-corrected chi connectivity index (χ0v) is 25.9. The lowest BCUT2D eigenvalue weighted by Gasteiger charge is -2.38. The number of likely N-dealkylation sites (tertiary alicyclic amines) is 1. The second-order valence-electron chi connectivity index (χ2n) is 11.7. The molecule has 43 heavy (non-hydrogen) atoms. The fraction of sp³-hybridized carbons (Fsp3) is 0.441. The van der Waals surface area contributed by atoms with Gasteiger partial charge in [-0.3, -0.25) is 14.4 Å². The number of para-hydroxylation sites is 1. The fourth-order valence-electron chi connectivity index (χ4n) is 7.44. The van der Waals surface area contributed by atoms with Crippen LogP contribution in [0.5, 0.6) is 5.75 Å². The topological polar surface area (TPSA) is 90.4 Å². The first-order valence-corrected chi connectivity index (χ1v) is 16.0. The highest BCUT2D eigenvalue weighted by Gasteiger charge is 2.71. The Balaban J connectivity index is 1.44. The van der Waals surface area contributed by atoms with Gasteiger partial charge in [0.15, 0.2) is 0 Å². The summed E-state index contributed by atoms with van der Waals surface area (Å²) in [5, 5.41) is 10.2. The Hall–Kier alpha value is -3.56. The number of hydrogen-bond acceptors (Lipinski definition) is 6. The maximum Gasteiger partial charge on any atom is 0.251 e. The molecule has 3 amide bonds. The molecule has 1 spiro atoms. The summed E-state index contributed by atoms with van der Waals surface area (Å²) in [5.74, 6) is -1.21. The Morgan fingerprint density at radius 3 is 2.30 bits per heavy atom. The number of amides is 3. The highest BCUT2D eigenvalue weighted by Crippen LogP contribution is 2.61. The quantitative estimate of drug-likeness (QED) is 0.477. The van der Waals surface area contributed by atoms with Gasteiger partial charge in [-0.15, -0.1) is 11.8 Å². The predicted octanol–water partition coefficient (Wildman–Crippen LogP) is 4.28. The van der Waals surface area contributed by atoms with Crippen molar-refractivity contribution >= 4 is 40.9 Å². The second kappa shape index (κ2) is 11.5. The maximum absolute atomic E-state index is 14.8. The smallest absolute Gasteiger partial charge is 0.251 e. The van der Waals surface area contributed by atoms with Gasteiger partial charge in [0.05, 0.1) is 35.8 Å². The molecular weight excluding hydrogens is 562 g/mol. The number of aryl methyl sites for hydroxylation is 2. The number of carbonyl (C=O) groups is 3. The van der Waals surface area contributed by atoms with E-state index in [2.05, 4.69) is 0 Å². The highest BCUT2D eigenvalue weighted by molar-refractivity contribution is 8.02. The summed E-state index contributed by atoms with van der Waals surface area (Å²) in [7, 11) is 0. The van der Waals surface area contributed by atoms with Gasteiger partial charge in [-0.05, 0) is 62.6 Å². The molecule has 0 saturated carbocycles. The van der Waals surface area contributed by atoms with Crippen LogP contribution in [0.2, 0.25) is 0 Å². The molecule has 0 radical (unpaired) electrons. The molecule has 4 aliphatic rings. The molecule has 8 nitrogen and oxygen atoms in total. The van der Waals surface area contributed by atoms with E-state index < -0.39 is 28.7 Å². The number of rotatable bonds is 7. The first-order valence-electron chi connectivity index (χ1n) is 15.1. The van der Waals surface area contributed by atoms with Gasteiger partial charge in [0.2, 0.25) is 11.8 Å². The number of aliphatic hydroxyl groups is 1. The number of thioether (sulfide) groups is 1. The summed E-state index contributed by atoms with van der Waals surface area (Å²) < 4.78 is 4.65. The number of hydrogen-bond donors (Lipinski definition) is 1. The monoisotopic (exact) mass is 601 g/mol. The van der Waals surface area contributed by atoms with E-state index in [1.807, 2.05) is 94.5 Å². The van der Waals surface area contributed by atoms with Gasteiger partial charge in [0.1, 0.15) is 11.8 Å². The van der Waals surface area contributed by atoms with Crippen molar-refractivity contribution in [3.63, 3.8) is 0 Å². The third-order valence-corrected chi connectivity index (χ3v) is 11.1. The van der Waals surface area contributed by atoms with Crippen molar-refractivity contribution < 1.29 is 24.2 Å². The van der Waals surface area contributed by atoms with Crippen LogP contribution < -0.4 is 14.5 Å². The number of nitrogens with zero attached hydrogens (tertiary/aromatic N) is 3. The molecule has 6 rings (SSSR count). The van der Waals surface area contributed by atoms with E-state index in [9.17, 15) is 19.5 Å². The molecule has 2 fully saturated rings. The van der Waals surface area contributed by atoms with E-state index in [1.165, 1.54) is 0 Å². The van der Waals surface area contributed by atoms with Crippen molar-refractivity contribution in [2.24, 2.45) is 11.8 Å². The molecule has 1 unspecified atom stereocenters. The van der Waals surface area contributed by atoms with Gasteiger partial charge >= 0.3 is 0 Å². The third kappa shape index (κ3) is 4.59. The molecule has 0 aromatic heterocycles. The molecule has 0 aliphatic carbocycles. The van der Waals surface area contributed by atoms with Crippen LogP contribution in [0.1, 0.15) is 31.4 Å². The van der Waals surface area contributed by atoms with Gasteiger partial charge in [-0.2, -0.15) is 0 Å². The average molecular weight is 602 g/mol. The Bertz CT molecular complexity index is 1470. The van der Waals surface area contributed by atoms with Crippen molar-refractivity contribution in [3.05, 3.63) is 77.9 Å². The van der Waals surface area contributed by atoms with E-state index in [0.717, 1.165) is 28.3 Å². The minimum atomic E-state index is -0.945. The van der Waals surface area contributed by atoms with Crippen LogP contribution in [-0.2, 0) is 14.4 Å². The number of anilines is 2. The molecule has 4 heterocycles. The number of carbonyl (C=O) groups excluding carboxylic acids is 3. The van der Waals surface area contributed by atoms with E-state index in [1.54, 1.807) is 26.5 Å². The molecule has 9 heteroatoms. The van der Waals surface area contributed by atoms with E-state index in [4.69, 9.17) is 4.74 Å². The Labute approximate surface area is 257 Å². The molecule has 2 saturated heterocycles. The van der Waals surface area contributed by atoms with E-state index in [0.29, 0.717) is 26.1 Å². The zero-order chi connectivity index (χ0) is 30.5. The summed E-state index contributed by atoms with van der Waals surface area (Å²) in [5.41, 5.74) is 3.54. The summed E-state index contributed by atoms with van der Waals surface area (Å²) in [6, 6.07) is 12.0. The van der Waals surface area contributed by atoms with Gasteiger partial charge in [-0.1, -0.05) is 49.4 Å². The summed E-state index contributed by atoms with van der Waals surface area (Å²) in [6.07, 6.45) is 8.54. The standard InChI is InChI=1S/C34H39N3O5S/c1-5-23(20-38)37-30-33(41)36(29-21(3)10-7-11-22(29)4)19-9-17-34(30)28(32(37)40)27-26(43-34)12-8-18-35(31(27)39)24-13-15-25(16-14-24)42-6-2/h7-17,23,26-28,30,38H,5-6,18-20H2,1-4H3/t23-,26+,27-,28-,30?,34-/m0/s1. The molecule has 2 aromatic carbocycles. The minimum absolute atomic E-state index is 0.128. The van der Waals surface area contributed by atoms with Crippen LogP contribution >= 0.6 is 11.8 Å². The van der Waals surface area contributed by atoms with Gasteiger partial charge in [0.25, 0.3) is 5.91 Å². The predicted molar refractivity (Wildman–Crippen MR) is 169 cm³/mol. The van der Waals surface area contributed by atoms with Crippen LogP contribution in [0.25, 0.3) is 0 Å². The van der Waals surface area contributed by atoms with Crippen molar-refractivity contribution in [1.82, 2.24) is 4.90 Å². The number of benzene rings is 2. The summed E-state index contributed by atoms with van der Waals surface area (Å²) in [4.78, 5) is 49.0. The molecule has 1 N–H and O–H groups in total. The minimum Gasteiger partial charge on any atom is -0.494 e. The van der Waals surface area contributed by atoms with Crippen LogP contribution in [-0.4, -0.2) is 76.1 Å². The van der Waals surface area contributed by atoms with Crippen LogP contribution in [0.15, 0.2) is 66.8 Å². The first kappa shape index (κ1) is 29.5. The number of aliphatic hydroxyl groups excluding tert-OH is 1. The lowest BCUT2D eigenvalue weighted by atomic mass is 9.78. The van der Waals surface area contributed by atoms with Crippen molar-refractivity contribution in [2.45, 2.75) is 56.2 Å². The molecule has 0 bridgehead atoms. The van der Waals surface area contributed by atoms with Crippen molar-refractivity contribution in [3.8, 4) is 5.75 Å². The molecule has 226 valence electrons. The lowest BCUT2D eigenvalue weighted by Crippen LogP contribution is -2.56. The fourth-order valence-corrected chi connectivity index (χ4v) is 9.43. The maximum atomic E-state index is 14.8. The van der Waals surface area contributed by atoms with Crippen LogP contribution in [0.3, 0.4) is 0 Å². The van der Waals surface area contributed by atoms with Crippen LogP contribution in [0, 0.1) is 25.7 Å². The Kier molecular flexibility index (Phi) is 7.89. The van der Waals surface area contributed by atoms with Crippen molar-refractivity contribution in [1.29, 1.82) is 0 Å². The van der Waals surface area contributed by atoms with Gasteiger partial charge < -0.3 is 24.5 Å². The van der Waals surface area contributed by atoms with E-state index in [-0.39, 0.29) is 29.6 Å². The molecule has 6 atom stereocenters. The second-order valence-corrected chi connectivity index (χ2v) is 13.2.